The van der Waals surface area contributed by atoms with Crippen LogP contribution < -0.4 is 5.73 Å². The van der Waals surface area contributed by atoms with Gasteiger partial charge < -0.3 is 10.6 Å². The maximum atomic E-state index is 12.9. The molecule has 1 aliphatic rings. The third kappa shape index (κ3) is 4.66. The number of hydrogen-bond acceptors (Lipinski definition) is 4. The van der Waals surface area contributed by atoms with Crippen LogP contribution in [0, 0.1) is 5.82 Å². The second kappa shape index (κ2) is 8.75. The molecule has 0 aromatic heterocycles. The molecule has 1 fully saturated rings. The van der Waals surface area contributed by atoms with Crippen LogP contribution in [0.15, 0.2) is 29.2 Å². The Balaban J connectivity index is 0.00000288. The lowest BCUT2D eigenvalue weighted by Crippen LogP contribution is -2.54. The second-order valence-electron chi connectivity index (χ2n) is 5.58. The van der Waals surface area contributed by atoms with E-state index in [1.54, 1.807) is 4.90 Å². The van der Waals surface area contributed by atoms with Gasteiger partial charge in [-0.05, 0) is 30.7 Å². The molecule has 1 aliphatic heterocycles. The summed E-state index contributed by atoms with van der Waals surface area (Å²) in [5.74, 6) is -0.616. The molecular weight excluding hydrogens is 357 g/mol. The van der Waals surface area contributed by atoms with E-state index in [0.717, 1.165) is 18.6 Å². The minimum Gasteiger partial charge on any atom is -0.339 e. The van der Waals surface area contributed by atoms with E-state index >= 15 is 0 Å². The number of sulfonamides is 1. The fraction of sp³-hybridized carbons (Fsp3) is 0.533. The number of carbonyl (C=O) groups is 1. The smallest absolute Gasteiger partial charge is 0.243 e. The van der Waals surface area contributed by atoms with Crippen molar-refractivity contribution in [1.29, 1.82) is 0 Å². The predicted octanol–water partition coefficient (Wildman–Crippen LogP) is 1.21. The van der Waals surface area contributed by atoms with Gasteiger partial charge in [-0.3, -0.25) is 4.79 Å². The number of halogens is 2. The summed E-state index contributed by atoms with van der Waals surface area (Å²) in [6.45, 7) is 3.02. The number of piperazine rings is 1. The molecule has 136 valence electrons. The predicted molar refractivity (Wildman–Crippen MR) is 91.9 cm³/mol. The van der Waals surface area contributed by atoms with Crippen LogP contribution in [0.25, 0.3) is 0 Å². The second-order valence-corrected chi connectivity index (χ2v) is 7.52. The van der Waals surface area contributed by atoms with Crippen LogP contribution in [0.1, 0.15) is 19.8 Å². The summed E-state index contributed by atoms with van der Waals surface area (Å²) in [4.78, 5) is 13.8. The van der Waals surface area contributed by atoms with Crippen molar-refractivity contribution in [2.24, 2.45) is 5.73 Å². The van der Waals surface area contributed by atoms with Crippen molar-refractivity contribution >= 4 is 28.3 Å². The molecule has 1 amide bonds. The molecule has 1 saturated heterocycles. The lowest BCUT2D eigenvalue weighted by Gasteiger charge is -2.35. The molecule has 1 aromatic rings. The van der Waals surface area contributed by atoms with Crippen molar-refractivity contribution < 1.29 is 17.6 Å². The Morgan fingerprint density at radius 1 is 1.21 bits per heavy atom. The van der Waals surface area contributed by atoms with Crippen molar-refractivity contribution in [3.05, 3.63) is 30.1 Å². The first-order valence-electron chi connectivity index (χ1n) is 7.66. The Morgan fingerprint density at radius 2 is 1.75 bits per heavy atom. The largest absolute Gasteiger partial charge is 0.339 e. The van der Waals surface area contributed by atoms with Crippen LogP contribution in [-0.4, -0.2) is 55.8 Å². The molecule has 24 heavy (non-hydrogen) atoms. The highest BCUT2D eigenvalue weighted by Crippen LogP contribution is 2.18. The number of amides is 1. The van der Waals surface area contributed by atoms with E-state index < -0.39 is 21.9 Å². The minimum atomic E-state index is -3.66. The highest BCUT2D eigenvalue weighted by atomic mass is 35.5. The maximum Gasteiger partial charge on any atom is 0.243 e. The Kier molecular flexibility index (Phi) is 7.59. The van der Waals surface area contributed by atoms with Gasteiger partial charge in [-0.25, -0.2) is 12.8 Å². The highest BCUT2D eigenvalue weighted by molar-refractivity contribution is 7.89. The molecule has 0 bridgehead atoms. The molecule has 2 N–H and O–H groups in total. The van der Waals surface area contributed by atoms with Gasteiger partial charge in [-0.1, -0.05) is 13.3 Å². The Morgan fingerprint density at radius 3 is 2.25 bits per heavy atom. The van der Waals surface area contributed by atoms with Crippen LogP contribution in [0.5, 0.6) is 0 Å². The third-order valence-electron chi connectivity index (χ3n) is 3.92. The summed E-state index contributed by atoms with van der Waals surface area (Å²) in [7, 11) is -3.66. The van der Waals surface area contributed by atoms with Crippen LogP contribution in [-0.2, 0) is 14.8 Å². The monoisotopic (exact) mass is 379 g/mol. The fourth-order valence-electron chi connectivity index (χ4n) is 2.57. The topological polar surface area (TPSA) is 83.7 Å². The van der Waals surface area contributed by atoms with E-state index in [1.807, 2.05) is 6.92 Å². The summed E-state index contributed by atoms with van der Waals surface area (Å²) < 4.78 is 39.2. The maximum absolute atomic E-state index is 12.9. The first-order valence-corrected chi connectivity index (χ1v) is 9.10. The Bertz CT molecular complexity index is 646. The average molecular weight is 380 g/mol. The van der Waals surface area contributed by atoms with E-state index in [0.29, 0.717) is 19.5 Å². The molecule has 1 heterocycles. The normalized spacial score (nSPS) is 17.2. The lowest BCUT2D eigenvalue weighted by molar-refractivity contribution is -0.133. The van der Waals surface area contributed by atoms with Crippen molar-refractivity contribution in [3.63, 3.8) is 0 Å². The Hall–Kier alpha value is -1.22. The van der Waals surface area contributed by atoms with E-state index in [9.17, 15) is 17.6 Å². The molecule has 1 atom stereocenters. The average Bonchev–Trinajstić information content (AvgIpc) is 2.55. The van der Waals surface area contributed by atoms with Crippen LogP contribution >= 0.6 is 12.4 Å². The van der Waals surface area contributed by atoms with Gasteiger partial charge in [-0.2, -0.15) is 4.31 Å². The summed E-state index contributed by atoms with van der Waals surface area (Å²) in [6.07, 6.45) is 1.44. The summed E-state index contributed by atoms with van der Waals surface area (Å²) in [5.41, 5.74) is 5.83. The highest BCUT2D eigenvalue weighted by Gasteiger charge is 2.31. The van der Waals surface area contributed by atoms with Crippen LogP contribution in [0.3, 0.4) is 0 Å². The number of hydrogen-bond donors (Lipinski definition) is 1. The molecular formula is C15H23ClFN3O3S. The lowest BCUT2D eigenvalue weighted by atomic mass is 10.1. The number of carbonyl (C=O) groups excluding carboxylic acids is 1. The standard InChI is InChI=1S/C15H22FN3O3S.ClH/c1-2-3-14(17)15(20)18-8-10-19(11-9-18)23(21,22)13-6-4-12(16)5-7-13;/h4-7,14H,2-3,8-11,17H2,1H3;1H. The van der Waals surface area contributed by atoms with E-state index in [-0.39, 0.29) is 36.3 Å². The van der Waals surface area contributed by atoms with E-state index in [4.69, 9.17) is 5.73 Å². The first-order chi connectivity index (χ1) is 10.9. The quantitative estimate of drug-likeness (QED) is 0.833. The van der Waals surface area contributed by atoms with E-state index in [2.05, 4.69) is 0 Å². The fourth-order valence-corrected chi connectivity index (χ4v) is 4.00. The molecule has 0 spiro atoms. The van der Waals surface area contributed by atoms with Gasteiger partial charge in [0.2, 0.25) is 15.9 Å². The summed E-state index contributed by atoms with van der Waals surface area (Å²) >= 11 is 0. The SMILES string of the molecule is CCCC(N)C(=O)N1CCN(S(=O)(=O)c2ccc(F)cc2)CC1.Cl. The van der Waals surface area contributed by atoms with E-state index in [1.165, 1.54) is 16.4 Å². The van der Waals surface area contributed by atoms with Crippen molar-refractivity contribution in [2.45, 2.75) is 30.7 Å². The van der Waals surface area contributed by atoms with Crippen molar-refractivity contribution in [1.82, 2.24) is 9.21 Å². The minimum absolute atomic E-state index is 0. The first kappa shape index (κ1) is 20.8. The van der Waals surface area contributed by atoms with Gasteiger partial charge >= 0.3 is 0 Å². The molecule has 1 aromatic carbocycles. The van der Waals surface area contributed by atoms with Gasteiger partial charge in [0.1, 0.15) is 5.82 Å². The zero-order valence-corrected chi connectivity index (χ0v) is 15.2. The number of nitrogens with zero attached hydrogens (tertiary/aromatic N) is 2. The van der Waals surface area contributed by atoms with Gasteiger partial charge in [0, 0.05) is 26.2 Å². The van der Waals surface area contributed by atoms with Crippen LogP contribution in [0.4, 0.5) is 4.39 Å². The van der Waals surface area contributed by atoms with Crippen molar-refractivity contribution in [2.75, 3.05) is 26.2 Å². The zero-order valence-electron chi connectivity index (χ0n) is 13.5. The molecule has 0 aliphatic carbocycles. The summed E-state index contributed by atoms with van der Waals surface area (Å²) in [5, 5.41) is 0. The number of nitrogens with two attached hydrogens (primary N) is 1. The van der Waals surface area contributed by atoms with Gasteiger partial charge in [-0.15, -0.1) is 12.4 Å². The molecule has 6 nitrogen and oxygen atoms in total. The number of rotatable bonds is 5. The third-order valence-corrected chi connectivity index (χ3v) is 5.83. The van der Waals surface area contributed by atoms with Crippen molar-refractivity contribution in [3.8, 4) is 0 Å². The molecule has 2 rings (SSSR count). The number of benzene rings is 1. The summed E-state index contributed by atoms with van der Waals surface area (Å²) in [6, 6.07) is 4.21. The van der Waals surface area contributed by atoms with Gasteiger partial charge in [0.05, 0.1) is 10.9 Å². The Labute approximate surface area is 148 Å². The molecule has 1 unspecified atom stereocenters. The molecule has 9 heteroatoms. The van der Waals surface area contributed by atoms with Gasteiger partial charge in [0.15, 0.2) is 0 Å². The van der Waals surface area contributed by atoms with Crippen LogP contribution in [0.2, 0.25) is 0 Å². The van der Waals surface area contributed by atoms with Gasteiger partial charge in [0.25, 0.3) is 0 Å². The zero-order chi connectivity index (χ0) is 17.0. The molecule has 0 radical (unpaired) electrons. The molecule has 0 saturated carbocycles.